The number of halogens is 1. The van der Waals surface area contributed by atoms with E-state index in [1.165, 1.54) is 22.5 Å². The normalized spacial score (nSPS) is 16.0. The zero-order valence-electron chi connectivity index (χ0n) is 19.6. The largest absolute Gasteiger partial charge is 0.495 e. The van der Waals surface area contributed by atoms with Gasteiger partial charge in [-0.25, -0.2) is 12.8 Å². The SMILES string of the molecule is COc1ccc(C)cc1NC(=O)[C@H](c1ccccc1)N1CCN(S(=O)(=O)c2ccccc2F)CC1. The molecule has 0 radical (unpaired) electrons. The number of sulfonamides is 1. The number of nitrogens with zero attached hydrogens (tertiary/aromatic N) is 2. The van der Waals surface area contributed by atoms with Crippen LogP contribution in [0.4, 0.5) is 10.1 Å². The van der Waals surface area contributed by atoms with Crippen LogP contribution < -0.4 is 10.1 Å². The average molecular weight is 498 g/mol. The lowest BCUT2D eigenvalue weighted by molar-refractivity contribution is -0.122. The second-order valence-electron chi connectivity index (χ2n) is 8.38. The van der Waals surface area contributed by atoms with E-state index in [1.54, 1.807) is 13.2 Å². The minimum absolute atomic E-state index is 0.140. The van der Waals surface area contributed by atoms with E-state index in [-0.39, 0.29) is 23.9 Å². The van der Waals surface area contributed by atoms with Gasteiger partial charge in [0.05, 0.1) is 12.8 Å². The monoisotopic (exact) mass is 497 g/mol. The molecule has 184 valence electrons. The molecule has 0 aromatic heterocycles. The van der Waals surface area contributed by atoms with Crippen molar-refractivity contribution in [2.24, 2.45) is 0 Å². The lowest BCUT2D eigenvalue weighted by Gasteiger charge is -2.38. The molecule has 4 rings (SSSR count). The summed E-state index contributed by atoms with van der Waals surface area (Å²) in [7, 11) is -2.43. The third-order valence-corrected chi connectivity index (χ3v) is 8.00. The van der Waals surface area contributed by atoms with Gasteiger partial charge in [0.25, 0.3) is 0 Å². The molecular weight excluding hydrogens is 469 g/mol. The molecule has 1 amide bonds. The first-order valence-corrected chi connectivity index (χ1v) is 12.7. The van der Waals surface area contributed by atoms with Gasteiger partial charge in [0.15, 0.2) is 0 Å². The predicted octanol–water partition coefficient (Wildman–Crippen LogP) is 3.83. The van der Waals surface area contributed by atoms with Crippen LogP contribution in [-0.4, -0.2) is 56.8 Å². The van der Waals surface area contributed by atoms with Gasteiger partial charge < -0.3 is 10.1 Å². The Morgan fingerprint density at radius 3 is 2.29 bits per heavy atom. The molecule has 1 atom stereocenters. The van der Waals surface area contributed by atoms with Crippen molar-refractivity contribution in [2.75, 3.05) is 38.6 Å². The lowest BCUT2D eigenvalue weighted by Crippen LogP contribution is -2.51. The van der Waals surface area contributed by atoms with Gasteiger partial charge in [-0.05, 0) is 42.3 Å². The van der Waals surface area contributed by atoms with Crippen LogP contribution in [0.1, 0.15) is 17.2 Å². The number of hydrogen-bond acceptors (Lipinski definition) is 5. The van der Waals surface area contributed by atoms with E-state index in [0.717, 1.165) is 17.2 Å². The van der Waals surface area contributed by atoms with Crippen LogP contribution in [0.5, 0.6) is 5.75 Å². The maximum atomic E-state index is 14.2. The van der Waals surface area contributed by atoms with Gasteiger partial charge in [0.2, 0.25) is 15.9 Å². The third-order valence-electron chi connectivity index (χ3n) is 6.07. The number of anilines is 1. The number of piperazine rings is 1. The molecule has 3 aromatic rings. The Kier molecular flexibility index (Phi) is 7.49. The van der Waals surface area contributed by atoms with E-state index in [0.29, 0.717) is 24.5 Å². The maximum Gasteiger partial charge on any atom is 0.246 e. The summed E-state index contributed by atoms with van der Waals surface area (Å²) < 4.78 is 46.9. The number of hydrogen-bond donors (Lipinski definition) is 1. The van der Waals surface area contributed by atoms with E-state index in [1.807, 2.05) is 54.3 Å². The third kappa shape index (κ3) is 5.37. The molecule has 0 saturated carbocycles. The Morgan fingerprint density at radius 2 is 1.63 bits per heavy atom. The molecule has 0 aliphatic carbocycles. The van der Waals surface area contributed by atoms with Crippen LogP contribution in [0.25, 0.3) is 0 Å². The Morgan fingerprint density at radius 1 is 0.971 bits per heavy atom. The van der Waals surface area contributed by atoms with E-state index in [9.17, 15) is 17.6 Å². The number of aryl methyl sites for hydroxylation is 1. The van der Waals surface area contributed by atoms with Crippen LogP contribution in [-0.2, 0) is 14.8 Å². The van der Waals surface area contributed by atoms with Crippen molar-refractivity contribution < 1.29 is 22.3 Å². The molecule has 1 heterocycles. The van der Waals surface area contributed by atoms with Gasteiger partial charge in [-0.15, -0.1) is 0 Å². The van der Waals surface area contributed by atoms with Gasteiger partial charge in [0, 0.05) is 26.2 Å². The summed E-state index contributed by atoms with van der Waals surface area (Å²) >= 11 is 0. The van der Waals surface area contributed by atoms with Crippen molar-refractivity contribution >= 4 is 21.6 Å². The molecule has 3 aromatic carbocycles. The Hall–Kier alpha value is -3.27. The van der Waals surface area contributed by atoms with Crippen LogP contribution in [0, 0.1) is 12.7 Å². The molecule has 0 bridgehead atoms. The van der Waals surface area contributed by atoms with Gasteiger partial charge >= 0.3 is 0 Å². The molecular formula is C26H28FN3O4S. The highest BCUT2D eigenvalue weighted by atomic mass is 32.2. The number of methoxy groups -OCH3 is 1. The molecule has 35 heavy (non-hydrogen) atoms. The van der Waals surface area contributed by atoms with Crippen LogP contribution >= 0.6 is 0 Å². The van der Waals surface area contributed by atoms with Crippen molar-refractivity contribution in [1.82, 2.24) is 9.21 Å². The van der Waals surface area contributed by atoms with Crippen LogP contribution in [0.15, 0.2) is 77.7 Å². The summed E-state index contributed by atoms with van der Waals surface area (Å²) in [6, 6.07) is 19.6. The second-order valence-corrected chi connectivity index (χ2v) is 10.3. The summed E-state index contributed by atoms with van der Waals surface area (Å²) in [5.74, 6) is -0.467. The topological polar surface area (TPSA) is 79.0 Å². The molecule has 1 saturated heterocycles. The molecule has 1 fully saturated rings. The minimum Gasteiger partial charge on any atom is -0.495 e. The Bertz CT molecular complexity index is 1290. The predicted molar refractivity (Wildman–Crippen MR) is 132 cm³/mol. The van der Waals surface area contributed by atoms with E-state index >= 15 is 0 Å². The summed E-state index contributed by atoms with van der Waals surface area (Å²) in [6.07, 6.45) is 0. The summed E-state index contributed by atoms with van der Waals surface area (Å²) in [4.78, 5) is 15.2. The number of nitrogens with one attached hydrogen (secondary N) is 1. The molecule has 1 aliphatic rings. The van der Waals surface area contributed by atoms with Crippen molar-refractivity contribution in [3.05, 3.63) is 89.7 Å². The molecule has 0 unspecified atom stereocenters. The van der Waals surface area contributed by atoms with Gasteiger partial charge in [-0.2, -0.15) is 4.31 Å². The lowest BCUT2D eigenvalue weighted by atomic mass is 10.0. The van der Waals surface area contributed by atoms with Crippen molar-refractivity contribution in [3.8, 4) is 5.75 Å². The van der Waals surface area contributed by atoms with Crippen LogP contribution in [0.3, 0.4) is 0 Å². The smallest absolute Gasteiger partial charge is 0.246 e. The minimum atomic E-state index is -3.97. The summed E-state index contributed by atoms with van der Waals surface area (Å²) in [6.45, 7) is 2.83. The standard InChI is InChI=1S/C26H28FN3O4S/c1-19-12-13-23(34-2)22(18-19)28-26(31)25(20-8-4-3-5-9-20)29-14-16-30(17-15-29)35(32,33)24-11-7-6-10-21(24)27/h3-13,18,25H,14-17H2,1-2H3,(H,28,31)/t25-/m0/s1. The summed E-state index contributed by atoms with van der Waals surface area (Å²) in [5, 5.41) is 2.99. The molecule has 1 N–H and O–H groups in total. The molecule has 9 heteroatoms. The van der Waals surface area contributed by atoms with Crippen LogP contribution in [0.2, 0.25) is 0 Å². The number of benzene rings is 3. The number of carbonyl (C=O) groups is 1. The number of ether oxygens (including phenoxy) is 1. The van der Waals surface area contributed by atoms with Gasteiger partial charge in [0.1, 0.15) is 22.5 Å². The highest BCUT2D eigenvalue weighted by Gasteiger charge is 2.35. The Labute approximate surface area is 205 Å². The fourth-order valence-electron chi connectivity index (χ4n) is 4.28. The first kappa shape index (κ1) is 24.8. The number of carbonyl (C=O) groups excluding carboxylic acids is 1. The molecule has 0 spiro atoms. The quantitative estimate of drug-likeness (QED) is 0.537. The zero-order valence-corrected chi connectivity index (χ0v) is 20.5. The van der Waals surface area contributed by atoms with E-state index in [2.05, 4.69) is 5.32 Å². The zero-order chi connectivity index (χ0) is 25.0. The highest BCUT2D eigenvalue weighted by Crippen LogP contribution is 2.30. The van der Waals surface area contributed by atoms with Crippen molar-refractivity contribution in [3.63, 3.8) is 0 Å². The van der Waals surface area contributed by atoms with Crippen molar-refractivity contribution in [1.29, 1.82) is 0 Å². The fraction of sp³-hybridized carbons (Fsp3) is 0.269. The first-order valence-electron chi connectivity index (χ1n) is 11.3. The molecule has 1 aliphatic heterocycles. The molecule has 7 nitrogen and oxygen atoms in total. The van der Waals surface area contributed by atoms with Gasteiger partial charge in [-0.3, -0.25) is 9.69 Å². The first-order chi connectivity index (χ1) is 16.8. The maximum absolute atomic E-state index is 14.2. The fourth-order valence-corrected chi connectivity index (χ4v) is 5.77. The number of rotatable bonds is 7. The van der Waals surface area contributed by atoms with E-state index < -0.39 is 21.9 Å². The van der Waals surface area contributed by atoms with Gasteiger partial charge in [-0.1, -0.05) is 48.5 Å². The number of amides is 1. The second kappa shape index (κ2) is 10.6. The van der Waals surface area contributed by atoms with E-state index in [4.69, 9.17) is 4.74 Å². The summed E-state index contributed by atoms with van der Waals surface area (Å²) in [5.41, 5.74) is 2.34. The Balaban J connectivity index is 1.56. The highest BCUT2D eigenvalue weighted by molar-refractivity contribution is 7.89. The average Bonchev–Trinajstić information content (AvgIpc) is 2.85. The van der Waals surface area contributed by atoms with Crippen molar-refractivity contribution in [2.45, 2.75) is 17.9 Å².